The van der Waals surface area contributed by atoms with Crippen LogP contribution in [0.1, 0.15) is 46.3 Å². The fourth-order valence-corrected chi connectivity index (χ4v) is 4.67. The summed E-state index contributed by atoms with van der Waals surface area (Å²) in [5, 5.41) is 2.04. The van der Waals surface area contributed by atoms with Crippen LogP contribution in [0.25, 0.3) is 0 Å². The standard InChI is InChI=1S/C27H34N2O5S/c1-5-6-13-29(27(31)23-8-7-15-34-23)19-26(30)28(18-25-20(2)12-16-35-25)14-11-21-9-10-22(32-3)24(17-21)33-4/h7-10,12,15-17H,5-6,11,13-14,18-19H2,1-4H3. The van der Waals surface area contributed by atoms with E-state index in [0.29, 0.717) is 37.6 Å². The third kappa shape index (κ3) is 7.11. The van der Waals surface area contributed by atoms with Crippen LogP contribution in [0.15, 0.2) is 52.5 Å². The van der Waals surface area contributed by atoms with Crippen LogP contribution in [0.3, 0.4) is 0 Å². The first-order valence-corrected chi connectivity index (χ1v) is 12.7. The van der Waals surface area contributed by atoms with Gasteiger partial charge >= 0.3 is 0 Å². The Balaban J connectivity index is 1.77. The molecule has 0 saturated heterocycles. The molecule has 1 aromatic carbocycles. The van der Waals surface area contributed by atoms with Crippen LogP contribution < -0.4 is 9.47 Å². The maximum absolute atomic E-state index is 13.5. The highest BCUT2D eigenvalue weighted by atomic mass is 32.1. The van der Waals surface area contributed by atoms with E-state index in [1.807, 2.05) is 28.5 Å². The number of aryl methyl sites for hydroxylation is 1. The number of nitrogens with zero attached hydrogens (tertiary/aromatic N) is 2. The number of hydrogen-bond donors (Lipinski definition) is 0. The van der Waals surface area contributed by atoms with Crippen LogP contribution in [0, 0.1) is 6.92 Å². The zero-order chi connectivity index (χ0) is 25.2. The molecule has 0 N–H and O–H groups in total. The summed E-state index contributed by atoms with van der Waals surface area (Å²) in [6.45, 7) is 5.65. The smallest absolute Gasteiger partial charge is 0.290 e. The zero-order valence-electron chi connectivity index (χ0n) is 20.9. The number of benzene rings is 1. The summed E-state index contributed by atoms with van der Waals surface area (Å²) in [6, 6.07) is 11.2. The Morgan fingerprint density at radius 1 is 1.03 bits per heavy atom. The van der Waals surface area contributed by atoms with Crippen molar-refractivity contribution in [2.24, 2.45) is 0 Å². The molecule has 35 heavy (non-hydrogen) atoms. The molecule has 2 heterocycles. The van der Waals surface area contributed by atoms with Gasteiger partial charge in [0, 0.05) is 18.0 Å². The molecule has 0 saturated carbocycles. The highest BCUT2D eigenvalue weighted by Crippen LogP contribution is 2.28. The number of furan rings is 1. The fourth-order valence-electron chi connectivity index (χ4n) is 3.75. The minimum absolute atomic E-state index is 0.00981. The minimum Gasteiger partial charge on any atom is -0.493 e. The lowest BCUT2D eigenvalue weighted by atomic mass is 10.1. The van der Waals surface area contributed by atoms with E-state index < -0.39 is 0 Å². The van der Waals surface area contributed by atoms with Crippen molar-refractivity contribution in [3.63, 3.8) is 0 Å². The number of ether oxygens (including phenoxy) is 2. The molecule has 188 valence electrons. The van der Waals surface area contributed by atoms with E-state index in [2.05, 4.69) is 19.9 Å². The molecule has 7 nitrogen and oxygen atoms in total. The average Bonchev–Trinajstić information content (AvgIpc) is 3.55. The van der Waals surface area contributed by atoms with Gasteiger partial charge in [0.1, 0.15) is 6.54 Å². The first kappa shape index (κ1) is 26.3. The molecule has 0 fully saturated rings. The van der Waals surface area contributed by atoms with Gasteiger partial charge in [0.15, 0.2) is 17.3 Å². The van der Waals surface area contributed by atoms with Crippen molar-refractivity contribution in [2.75, 3.05) is 33.9 Å². The molecule has 2 amide bonds. The van der Waals surface area contributed by atoms with E-state index in [4.69, 9.17) is 13.9 Å². The van der Waals surface area contributed by atoms with Gasteiger partial charge < -0.3 is 23.7 Å². The molecule has 0 bridgehead atoms. The molecule has 0 aliphatic carbocycles. The van der Waals surface area contributed by atoms with Crippen LogP contribution in [0.5, 0.6) is 11.5 Å². The largest absolute Gasteiger partial charge is 0.493 e. The molecule has 0 unspecified atom stereocenters. The average molecular weight is 499 g/mol. The second-order valence-corrected chi connectivity index (χ2v) is 9.34. The van der Waals surface area contributed by atoms with E-state index in [9.17, 15) is 9.59 Å². The molecule has 3 rings (SSSR count). The van der Waals surface area contributed by atoms with Crippen LogP contribution in [-0.2, 0) is 17.8 Å². The lowest BCUT2D eigenvalue weighted by Gasteiger charge is -2.27. The second-order valence-electron chi connectivity index (χ2n) is 8.34. The molecule has 0 aliphatic rings. The summed E-state index contributed by atoms with van der Waals surface area (Å²) in [4.78, 5) is 31.1. The van der Waals surface area contributed by atoms with Gasteiger partial charge in [-0.2, -0.15) is 0 Å². The van der Waals surface area contributed by atoms with Crippen molar-refractivity contribution in [2.45, 2.75) is 39.7 Å². The molecule has 3 aromatic rings. The van der Waals surface area contributed by atoms with Crippen LogP contribution in [0.2, 0.25) is 0 Å². The number of thiophene rings is 1. The maximum atomic E-state index is 13.5. The highest BCUT2D eigenvalue weighted by Gasteiger charge is 2.24. The zero-order valence-corrected chi connectivity index (χ0v) is 21.7. The summed E-state index contributed by atoms with van der Waals surface area (Å²) in [6.07, 6.45) is 3.86. The predicted molar refractivity (Wildman–Crippen MR) is 137 cm³/mol. The maximum Gasteiger partial charge on any atom is 0.290 e. The van der Waals surface area contributed by atoms with E-state index in [1.165, 1.54) is 6.26 Å². The van der Waals surface area contributed by atoms with Gasteiger partial charge in [0.25, 0.3) is 5.91 Å². The first-order chi connectivity index (χ1) is 17.0. The van der Waals surface area contributed by atoms with Crippen LogP contribution >= 0.6 is 11.3 Å². The monoisotopic (exact) mass is 498 g/mol. The first-order valence-electron chi connectivity index (χ1n) is 11.8. The third-order valence-electron chi connectivity index (χ3n) is 5.90. The molecular weight excluding hydrogens is 464 g/mol. The third-order valence-corrected chi connectivity index (χ3v) is 6.91. The van der Waals surface area contributed by atoms with Crippen molar-refractivity contribution in [3.8, 4) is 11.5 Å². The molecule has 0 radical (unpaired) electrons. The Bertz CT molecular complexity index is 1090. The second kappa shape index (κ2) is 13.0. The Morgan fingerprint density at radius 3 is 2.46 bits per heavy atom. The minimum atomic E-state index is -0.260. The predicted octanol–water partition coefficient (Wildman–Crippen LogP) is 5.18. The van der Waals surface area contributed by atoms with Gasteiger partial charge in [0.05, 0.1) is 27.0 Å². The number of rotatable bonds is 13. The normalized spacial score (nSPS) is 10.7. The van der Waals surface area contributed by atoms with Crippen molar-refractivity contribution in [1.29, 1.82) is 0 Å². The van der Waals surface area contributed by atoms with Crippen LogP contribution in [-0.4, -0.2) is 55.5 Å². The van der Waals surface area contributed by atoms with E-state index in [-0.39, 0.29) is 24.1 Å². The summed E-state index contributed by atoms with van der Waals surface area (Å²) >= 11 is 1.64. The van der Waals surface area contributed by atoms with Crippen molar-refractivity contribution in [3.05, 3.63) is 69.8 Å². The number of amides is 2. The number of hydrogen-bond acceptors (Lipinski definition) is 6. The van der Waals surface area contributed by atoms with Gasteiger partial charge in [-0.15, -0.1) is 11.3 Å². The summed E-state index contributed by atoms with van der Waals surface area (Å²) < 4.78 is 16.1. The van der Waals surface area contributed by atoms with Crippen molar-refractivity contribution >= 4 is 23.2 Å². The van der Waals surface area contributed by atoms with Gasteiger partial charge in [0.2, 0.25) is 5.91 Å². The molecule has 0 atom stereocenters. The molecule has 0 spiro atoms. The van der Waals surface area contributed by atoms with Crippen molar-refractivity contribution < 1.29 is 23.5 Å². The Hall–Kier alpha value is -3.26. The van der Waals surface area contributed by atoms with Crippen LogP contribution in [0.4, 0.5) is 0 Å². The molecular formula is C27H34N2O5S. The summed E-state index contributed by atoms with van der Waals surface area (Å²) in [5.74, 6) is 1.23. The number of carbonyl (C=O) groups excluding carboxylic acids is 2. The van der Waals surface area contributed by atoms with Gasteiger partial charge in [-0.1, -0.05) is 19.4 Å². The van der Waals surface area contributed by atoms with Gasteiger partial charge in [-0.05, 0) is 66.6 Å². The topological polar surface area (TPSA) is 72.2 Å². The quantitative estimate of drug-likeness (QED) is 0.325. The molecule has 8 heteroatoms. The molecule has 0 aliphatic heterocycles. The lowest BCUT2D eigenvalue weighted by molar-refractivity contribution is -0.132. The van der Waals surface area contributed by atoms with E-state index in [1.54, 1.807) is 42.6 Å². The Labute approximate surface area is 211 Å². The number of methoxy groups -OCH3 is 2. The van der Waals surface area contributed by atoms with Gasteiger partial charge in [-0.3, -0.25) is 9.59 Å². The summed E-state index contributed by atoms with van der Waals surface area (Å²) in [7, 11) is 3.22. The number of unbranched alkanes of at least 4 members (excludes halogenated alkanes) is 1. The Morgan fingerprint density at radius 2 is 1.83 bits per heavy atom. The van der Waals surface area contributed by atoms with Crippen molar-refractivity contribution in [1.82, 2.24) is 9.80 Å². The number of carbonyl (C=O) groups is 2. The fraction of sp³-hybridized carbons (Fsp3) is 0.407. The molecule has 2 aromatic heterocycles. The van der Waals surface area contributed by atoms with E-state index >= 15 is 0 Å². The van der Waals surface area contributed by atoms with E-state index in [0.717, 1.165) is 28.8 Å². The lowest BCUT2D eigenvalue weighted by Crippen LogP contribution is -2.43. The SMILES string of the molecule is CCCCN(CC(=O)N(CCc1ccc(OC)c(OC)c1)Cc1sccc1C)C(=O)c1ccco1. The highest BCUT2D eigenvalue weighted by molar-refractivity contribution is 7.10. The van der Waals surface area contributed by atoms with Gasteiger partial charge in [-0.25, -0.2) is 0 Å². The summed E-state index contributed by atoms with van der Waals surface area (Å²) in [5.41, 5.74) is 2.20. The Kier molecular flexibility index (Phi) is 9.78.